The molecule has 0 fully saturated rings. The Morgan fingerprint density at radius 1 is 1.00 bits per heavy atom. The van der Waals surface area contributed by atoms with Crippen molar-refractivity contribution in [1.82, 2.24) is 5.32 Å². The Morgan fingerprint density at radius 2 is 1.53 bits per heavy atom. The highest BCUT2D eigenvalue weighted by atomic mass is 16.6. The standard InChI is InChI=1S/C13H26N2O4/c1-4-15-13(2,11-14)12-19-10-9-18-8-7-17-6-5-16-3/h15H,4-10,12H2,1-3H3. The molecule has 1 unspecified atom stereocenters. The third-order valence-electron chi connectivity index (χ3n) is 2.38. The number of nitrogens with one attached hydrogen (secondary N) is 1. The molecule has 1 atom stereocenters. The van der Waals surface area contributed by atoms with Gasteiger partial charge in [0.2, 0.25) is 0 Å². The first kappa shape index (κ1) is 18.3. The molecule has 0 bridgehead atoms. The van der Waals surface area contributed by atoms with Gasteiger partial charge in [-0.2, -0.15) is 5.26 Å². The van der Waals surface area contributed by atoms with E-state index in [1.54, 1.807) is 7.11 Å². The Labute approximate surface area is 116 Å². The van der Waals surface area contributed by atoms with Gasteiger partial charge in [-0.25, -0.2) is 0 Å². The van der Waals surface area contributed by atoms with Gasteiger partial charge in [-0.15, -0.1) is 0 Å². The summed E-state index contributed by atoms with van der Waals surface area (Å²) in [5.41, 5.74) is -0.627. The maximum Gasteiger partial charge on any atom is 0.127 e. The first-order valence-corrected chi connectivity index (χ1v) is 6.57. The van der Waals surface area contributed by atoms with Gasteiger partial charge in [-0.1, -0.05) is 6.92 Å². The topological polar surface area (TPSA) is 72.7 Å². The molecule has 0 aliphatic rings. The van der Waals surface area contributed by atoms with E-state index < -0.39 is 5.54 Å². The number of nitriles is 1. The molecule has 0 rings (SSSR count). The quantitative estimate of drug-likeness (QED) is 0.495. The van der Waals surface area contributed by atoms with Gasteiger partial charge in [0.05, 0.1) is 52.3 Å². The molecule has 0 aliphatic heterocycles. The van der Waals surface area contributed by atoms with Crippen LogP contribution in [0.15, 0.2) is 0 Å². The lowest BCUT2D eigenvalue weighted by Crippen LogP contribution is -2.45. The van der Waals surface area contributed by atoms with E-state index in [4.69, 9.17) is 24.2 Å². The summed E-state index contributed by atoms with van der Waals surface area (Å²) >= 11 is 0. The summed E-state index contributed by atoms with van der Waals surface area (Å²) in [7, 11) is 1.64. The lowest BCUT2D eigenvalue weighted by atomic mass is 10.1. The highest BCUT2D eigenvalue weighted by Gasteiger charge is 2.22. The predicted octanol–water partition coefficient (Wildman–Crippen LogP) is 0.574. The zero-order valence-electron chi connectivity index (χ0n) is 12.2. The van der Waals surface area contributed by atoms with Crippen molar-refractivity contribution in [1.29, 1.82) is 5.26 Å². The lowest BCUT2D eigenvalue weighted by molar-refractivity contribution is -0.00171. The summed E-state index contributed by atoms with van der Waals surface area (Å²) in [4.78, 5) is 0. The molecule has 6 heteroatoms. The molecule has 0 saturated heterocycles. The van der Waals surface area contributed by atoms with Crippen molar-refractivity contribution >= 4 is 0 Å². The molecule has 0 radical (unpaired) electrons. The first-order valence-electron chi connectivity index (χ1n) is 6.57. The molecule has 0 saturated carbocycles. The van der Waals surface area contributed by atoms with Crippen molar-refractivity contribution in [2.24, 2.45) is 0 Å². The molecule has 112 valence electrons. The van der Waals surface area contributed by atoms with Crippen molar-refractivity contribution in [2.75, 3.05) is 59.9 Å². The molecule has 19 heavy (non-hydrogen) atoms. The lowest BCUT2D eigenvalue weighted by Gasteiger charge is -2.22. The fraction of sp³-hybridized carbons (Fsp3) is 0.923. The molecule has 0 aliphatic carbocycles. The van der Waals surface area contributed by atoms with Gasteiger partial charge in [-0.05, 0) is 13.5 Å². The molecule has 0 aromatic carbocycles. The van der Waals surface area contributed by atoms with Crippen LogP contribution in [0.1, 0.15) is 13.8 Å². The second-order valence-electron chi connectivity index (χ2n) is 4.24. The van der Waals surface area contributed by atoms with E-state index >= 15 is 0 Å². The Morgan fingerprint density at radius 3 is 2.00 bits per heavy atom. The molecule has 0 aromatic rings. The van der Waals surface area contributed by atoms with E-state index in [-0.39, 0.29) is 0 Å². The zero-order chi connectivity index (χ0) is 14.4. The minimum atomic E-state index is -0.627. The number of rotatable bonds is 13. The molecule has 0 heterocycles. The van der Waals surface area contributed by atoms with Gasteiger partial charge >= 0.3 is 0 Å². The number of methoxy groups -OCH3 is 1. The van der Waals surface area contributed by atoms with Crippen molar-refractivity contribution in [3.05, 3.63) is 0 Å². The minimum Gasteiger partial charge on any atom is -0.382 e. The first-order chi connectivity index (χ1) is 9.18. The van der Waals surface area contributed by atoms with Gasteiger partial charge in [0.15, 0.2) is 0 Å². The van der Waals surface area contributed by atoms with E-state index in [1.165, 1.54) is 0 Å². The number of hydrogen-bond donors (Lipinski definition) is 1. The number of ether oxygens (including phenoxy) is 4. The van der Waals surface area contributed by atoms with Crippen molar-refractivity contribution in [2.45, 2.75) is 19.4 Å². The Bertz CT molecular complexity index is 245. The van der Waals surface area contributed by atoms with Gasteiger partial charge in [0, 0.05) is 7.11 Å². The Hall–Kier alpha value is -0.710. The third kappa shape index (κ3) is 10.9. The number of nitrogens with zero attached hydrogens (tertiary/aromatic N) is 1. The summed E-state index contributed by atoms with van der Waals surface area (Å²) in [6.45, 7) is 8.12. The second kappa shape index (κ2) is 12.3. The van der Waals surface area contributed by atoms with E-state index in [0.29, 0.717) is 46.2 Å². The summed E-state index contributed by atoms with van der Waals surface area (Å²) in [6.07, 6.45) is 0. The van der Waals surface area contributed by atoms with E-state index in [0.717, 1.165) is 6.54 Å². The van der Waals surface area contributed by atoms with Crippen LogP contribution >= 0.6 is 0 Å². The fourth-order valence-electron chi connectivity index (χ4n) is 1.37. The zero-order valence-corrected chi connectivity index (χ0v) is 12.2. The molecule has 1 N–H and O–H groups in total. The summed E-state index contributed by atoms with van der Waals surface area (Å²) in [6, 6.07) is 2.20. The molecule has 6 nitrogen and oxygen atoms in total. The summed E-state index contributed by atoms with van der Waals surface area (Å²) < 4.78 is 20.8. The van der Waals surface area contributed by atoms with E-state index in [2.05, 4.69) is 11.4 Å². The van der Waals surface area contributed by atoms with Crippen LogP contribution in [0.2, 0.25) is 0 Å². The number of likely N-dealkylation sites (N-methyl/N-ethyl adjacent to an activating group) is 1. The molecule has 0 spiro atoms. The van der Waals surface area contributed by atoms with Crippen molar-refractivity contribution in [3.8, 4) is 6.07 Å². The van der Waals surface area contributed by atoms with Gasteiger partial charge in [0.1, 0.15) is 5.54 Å². The van der Waals surface area contributed by atoms with Gasteiger partial charge in [-0.3, -0.25) is 5.32 Å². The minimum absolute atomic E-state index is 0.352. The third-order valence-corrected chi connectivity index (χ3v) is 2.38. The average molecular weight is 274 g/mol. The van der Waals surface area contributed by atoms with Crippen LogP contribution in [0.5, 0.6) is 0 Å². The van der Waals surface area contributed by atoms with Crippen molar-refractivity contribution < 1.29 is 18.9 Å². The highest BCUT2D eigenvalue weighted by molar-refractivity contribution is 5.03. The maximum atomic E-state index is 9.01. The largest absolute Gasteiger partial charge is 0.382 e. The molecular formula is C13H26N2O4. The van der Waals surface area contributed by atoms with E-state index in [1.807, 2.05) is 13.8 Å². The Kier molecular flexibility index (Phi) is 11.9. The normalized spacial score (nSPS) is 14.0. The van der Waals surface area contributed by atoms with Crippen LogP contribution in [0, 0.1) is 11.3 Å². The Balaban J connectivity index is 3.33. The number of hydrogen-bond acceptors (Lipinski definition) is 6. The molecule has 0 aromatic heterocycles. The predicted molar refractivity (Wildman–Crippen MR) is 72.0 cm³/mol. The van der Waals surface area contributed by atoms with Crippen LogP contribution in [0.4, 0.5) is 0 Å². The monoisotopic (exact) mass is 274 g/mol. The van der Waals surface area contributed by atoms with Crippen LogP contribution in [0.3, 0.4) is 0 Å². The summed E-state index contributed by atoms with van der Waals surface area (Å²) in [5, 5.41) is 12.1. The van der Waals surface area contributed by atoms with Crippen LogP contribution in [0.25, 0.3) is 0 Å². The van der Waals surface area contributed by atoms with Crippen LogP contribution in [-0.4, -0.2) is 65.4 Å². The van der Waals surface area contributed by atoms with Gasteiger partial charge in [0.25, 0.3) is 0 Å². The molecule has 0 amide bonds. The fourth-order valence-corrected chi connectivity index (χ4v) is 1.37. The maximum absolute atomic E-state index is 9.01. The highest BCUT2D eigenvalue weighted by Crippen LogP contribution is 2.01. The van der Waals surface area contributed by atoms with Crippen LogP contribution < -0.4 is 5.32 Å². The van der Waals surface area contributed by atoms with E-state index in [9.17, 15) is 0 Å². The van der Waals surface area contributed by atoms with Crippen molar-refractivity contribution in [3.63, 3.8) is 0 Å². The smallest absolute Gasteiger partial charge is 0.127 e. The summed E-state index contributed by atoms with van der Waals surface area (Å²) in [5.74, 6) is 0. The second-order valence-corrected chi connectivity index (χ2v) is 4.24. The van der Waals surface area contributed by atoms with Gasteiger partial charge < -0.3 is 18.9 Å². The SMILES string of the molecule is CCNC(C)(C#N)COCCOCCOCCOC. The van der Waals surface area contributed by atoms with Crippen LogP contribution in [-0.2, 0) is 18.9 Å². The molecular weight excluding hydrogens is 248 g/mol. The average Bonchev–Trinajstić information content (AvgIpc) is 2.41.